The van der Waals surface area contributed by atoms with Crippen LogP contribution in [0.2, 0.25) is 0 Å². The minimum absolute atomic E-state index is 0.0699. The Bertz CT molecular complexity index is 853. The number of carbonyl (C=O) groups excluding carboxylic acids is 3. The van der Waals surface area contributed by atoms with Crippen LogP contribution in [0.25, 0.3) is 0 Å². The van der Waals surface area contributed by atoms with Crippen molar-refractivity contribution in [1.29, 1.82) is 0 Å². The second-order valence-electron chi connectivity index (χ2n) is 10.5. The highest BCUT2D eigenvalue weighted by Gasteiger charge is 2.43. The van der Waals surface area contributed by atoms with E-state index in [-0.39, 0.29) is 17.7 Å². The molecule has 33 heavy (non-hydrogen) atoms. The molecule has 0 bridgehead atoms. The SMILES string of the molecule is C[C@@H]1NC(=O)C2(CCCCc3ccccc3OCCNC1=O)CCN(C(=O)C(C)(C)C)CC2. The van der Waals surface area contributed by atoms with Gasteiger partial charge in [0.05, 0.1) is 12.0 Å². The van der Waals surface area contributed by atoms with Gasteiger partial charge in [0.1, 0.15) is 18.4 Å². The first-order chi connectivity index (χ1) is 15.6. The van der Waals surface area contributed by atoms with Crippen molar-refractivity contribution in [1.82, 2.24) is 15.5 Å². The van der Waals surface area contributed by atoms with Gasteiger partial charge in [0.25, 0.3) is 0 Å². The molecule has 2 heterocycles. The quantitative estimate of drug-likeness (QED) is 0.627. The Morgan fingerprint density at radius 1 is 1.09 bits per heavy atom. The number of fused-ring (bicyclic) bond motifs is 1. The van der Waals surface area contributed by atoms with Crippen molar-refractivity contribution < 1.29 is 19.1 Å². The molecule has 1 spiro atoms. The Kier molecular flexibility index (Phi) is 8.03. The summed E-state index contributed by atoms with van der Waals surface area (Å²) < 4.78 is 5.90. The minimum atomic E-state index is -0.624. The molecule has 182 valence electrons. The van der Waals surface area contributed by atoms with Gasteiger partial charge in [-0.1, -0.05) is 45.4 Å². The van der Waals surface area contributed by atoms with Gasteiger partial charge in [-0.25, -0.2) is 0 Å². The predicted molar refractivity (Wildman–Crippen MR) is 128 cm³/mol. The van der Waals surface area contributed by atoms with Crippen LogP contribution in [-0.4, -0.2) is 54.9 Å². The van der Waals surface area contributed by atoms with Crippen LogP contribution in [0.1, 0.15) is 65.4 Å². The van der Waals surface area contributed by atoms with E-state index in [0.29, 0.717) is 39.1 Å². The van der Waals surface area contributed by atoms with Gasteiger partial charge in [-0.2, -0.15) is 0 Å². The van der Waals surface area contributed by atoms with Gasteiger partial charge in [0, 0.05) is 18.5 Å². The third-order valence-corrected chi connectivity index (χ3v) is 6.85. The molecule has 0 saturated carbocycles. The number of amides is 3. The molecule has 3 rings (SSSR count). The maximum absolute atomic E-state index is 13.4. The van der Waals surface area contributed by atoms with Crippen molar-refractivity contribution in [2.24, 2.45) is 10.8 Å². The van der Waals surface area contributed by atoms with Gasteiger partial charge in [-0.3, -0.25) is 14.4 Å². The number of piperidine rings is 1. The number of carbonyl (C=O) groups is 3. The lowest BCUT2D eigenvalue weighted by Crippen LogP contribution is -2.55. The first-order valence-corrected chi connectivity index (χ1v) is 12.2. The highest BCUT2D eigenvalue weighted by molar-refractivity contribution is 5.90. The molecule has 2 aliphatic heterocycles. The molecule has 0 aromatic heterocycles. The number of aryl methyl sites for hydroxylation is 1. The van der Waals surface area contributed by atoms with Gasteiger partial charge in [0.15, 0.2) is 0 Å². The topological polar surface area (TPSA) is 87.7 Å². The number of hydrogen-bond acceptors (Lipinski definition) is 4. The molecule has 2 aliphatic rings. The van der Waals surface area contributed by atoms with Crippen LogP contribution >= 0.6 is 0 Å². The van der Waals surface area contributed by atoms with E-state index in [2.05, 4.69) is 16.7 Å². The van der Waals surface area contributed by atoms with Gasteiger partial charge in [0.2, 0.25) is 17.7 Å². The highest BCUT2D eigenvalue weighted by Crippen LogP contribution is 2.38. The van der Waals surface area contributed by atoms with Crippen molar-refractivity contribution in [3.63, 3.8) is 0 Å². The summed E-state index contributed by atoms with van der Waals surface area (Å²) in [4.78, 5) is 40.6. The standard InChI is InChI=1S/C26H39N3O4/c1-19-22(30)27-15-18-33-21-11-6-5-9-20(21)10-7-8-12-26(23(31)28-19)13-16-29(17-14-26)24(32)25(2,3)4/h5-6,9,11,19H,7-8,10,12-18H2,1-4H3,(H,27,30)(H,28,31)/t19-/m0/s1. The van der Waals surface area contributed by atoms with Crippen LogP contribution in [-0.2, 0) is 20.8 Å². The number of nitrogens with zero attached hydrogens (tertiary/aromatic N) is 1. The van der Waals surface area contributed by atoms with E-state index in [0.717, 1.165) is 37.0 Å². The molecule has 0 unspecified atom stereocenters. The van der Waals surface area contributed by atoms with Gasteiger partial charge < -0.3 is 20.3 Å². The van der Waals surface area contributed by atoms with E-state index in [1.807, 2.05) is 43.9 Å². The monoisotopic (exact) mass is 457 g/mol. The van der Waals surface area contributed by atoms with E-state index in [4.69, 9.17) is 4.74 Å². The maximum Gasteiger partial charge on any atom is 0.242 e. The molecule has 3 amide bonds. The van der Waals surface area contributed by atoms with E-state index in [1.54, 1.807) is 6.92 Å². The molecule has 0 radical (unpaired) electrons. The molecule has 7 nitrogen and oxygen atoms in total. The molecule has 1 atom stereocenters. The fraction of sp³-hybridized carbons (Fsp3) is 0.654. The van der Waals surface area contributed by atoms with Gasteiger partial charge in [-0.05, 0) is 50.7 Å². The molecule has 7 heteroatoms. The third kappa shape index (κ3) is 6.27. The largest absolute Gasteiger partial charge is 0.491 e. The average molecular weight is 458 g/mol. The van der Waals surface area contributed by atoms with Crippen molar-refractivity contribution in [3.05, 3.63) is 29.8 Å². The second-order valence-corrected chi connectivity index (χ2v) is 10.5. The second kappa shape index (κ2) is 10.6. The van der Waals surface area contributed by atoms with Crippen LogP contribution in [0.15, 0.2) is 24.3 Å². The molecule has 0 aliphatic carbocycles. The summed E-state index contributed by atoms with van der Waals surface area (Å²) in [6, 6.07) is 7.38. The van der Waals surface area contributed by atoms with Crippen LogP contribution in [0.5, 0.6) is 5.75 Å². The average Bonchev–Trinajstić information content (AvgIpc) is 2.79. The van der Waals surface area contributed by atoms with Crippen LogP contribution in [0.4, 0.5) is 0 Å². The minimum Gasteiger partial charge on any atom is -0.491 e. The molecule has 1 aromatic carbocycles. The highest BCUT2D eigenvalue weighted by atomic mass is 16.5. The molecular weight excluding hydrogens is 418 g/mol. The number of benzene rings is 1. The first kappa shape index (κ1) is 25.1. The summed E-state index contributed by atoms with van der Waals surface area (Å²) >= 11 is 0. The number of hydrogen-bond donors (Lipinski definition) is 2. The summed E-state index contributed by atoms with van der Waals surface area (Å²) in [5, 5.41) is 5.81. The zero-order chi connectivity index (χ0) is 24.1. The Labute approximate surface area is 197 Å². The smallest absolute Gasteiger partial charge is 0.242 e. The van der Waals surface area contributed by atoms with Crippen molar-refractivity contribution >= 4 is 17.7 Å². The fourth-order valence-electron chi connectivity index (χ4n) is 4.74. The fourth-order valence-corrected chi connectivity index (χ4v) is 4.74. The Morgan fingerprint density at radius 3 is 2.48 bits per heavy atom. The van der Waals surface area contributed by atoms with Crippen molar-refractivity contribution in [2.75, 3.05) is 26.2 Å². The number of ether oxygens (including phenoxy) is 1. The van der Waals surface area contributed by atoms with Crippen LogP contribution in [0, 0.1) is 10.8 Å². The summed E-state index contributed by atoms with van der Waals surface area (Å²) in [5.74, 6) is 0.692. The maximum atomic E-state index is 13.4. The van der Waals surface area contributed by atoms with Gasteiger partial charge >= 0.3 is 0 Å². The third-order valence-electron chi connectivity index (χ3n) is 6.85. The summed E-state index contributed by atoms with van der Waals surface area (Å²) in [6.07, 6.45) is 4.71. The number of likely N-dealkylation sites (tertiary alicyclic amines) is 1. The lowest BCUT2D eigenvalue weighted by atomic mass is 9.73. The molecule has 2 N–H and O–H groups in total. The Balaban J connectivity index is 1.76. The van der Waals surface area contributed by atoms with E-state index < -0.39 is 16.9 Å². The zero-order valence-corrected chi connectivity index (χ0v) is 20.5. The summed E-state index contributed by atoms with van der Waals surface area (Å²) in [7, 11) is 0. The zero-order valence-electron chi connectivity index (χ0n) is 20.5. The van der Waals surface area contributed by atoms with Crippen LogP contribution in [0.3, 0.4) is 0 Å². The van der Waals surface area contributed by atoms with Crippen molar-refractivity contribution in [2.45, 2.75) is 72.3 Å². The Hall–Kier alpha value is -2.57. The number of para-hydroxylation sites is 1. The van der Waals surface area contributed by atoms with E-state index in [9.17, 15) is 14.4 Å². The molecule has 1 fully saturated rings. The summed E-state index contributed by atoms with van der Waals surface area (Å²) in [6.45, 7) is 9.40. The first-order valence-electron chi connectivity index (χ1n) is 12.2. The summed E-state index contributed by atoms with van der Waals surface area (Å²) in [5.41, 5.74) is 0.159. The van der Waals surface area contributed by atoms with E-state index >= 15 is 0 Å². The predicted octanol–water partition coefficient (Wildman–Crippen LogP) is 3.07. The molecule has 1 aromatic rings. The Morgan fingerprint density at radius 2 is 1.79 bits per heavy atom. The van der Waals surface area contributed by atoms with Gasteiger partial charge in [-0.15, -0.1) is 0 Å². The normalized spacial score (nSPS) is 22.8. The van der Waals surface area contributed by atoms with E-state index in [1.165, 1.54) is 0 Å². The molecular formula is C26H39N3O4. The number of nitrogens with one attached hydrogen (secondary N) is 2. The lowest BCUT2D eigenvalue weighted by Gasteiger charge is -2.42. The molecule has 1 saturated heterocycles. The van der Waals surface area contributed by atoms with Crippen LogP contribution < -0.4 is 15.4 Å². The lowest BCUT2D eigenvalue weighted by molar-refractivity contribution is -0.146. The van der Waals surface area contributed by atoms with Crippen molar-refractivity contribution in [3.8, 4) is 5.75 Å². The number of rotatable bonds is 0.